The zero-order valence-electron chi connectivity index (χ0n) is 20.1. The predicted molar refractivity (Wildman–Crippen MR) is 118 cm³/mol. The van der Waals surface area contributed by atoms with Gasteiger partial charge in [-0.15, -0.1) is 0 Å². The van der Waals surface area contributed by atoms with Crippen LogP contribution in [0, 0.1) is 0 Å². The first kappa shape index (κ1) is 34.6. The third-order valence-corrected chi connectivity index (χ3v) is 7.03. The summed E-state index contributed by atoms with van der Waals surface area (Å²) >= 11 is 0. The zero-order chi connectivity index (χ0) is 27.9. The normalized spacial score (nSPS) is 12.9. The highest BCUT2D eigenvalue weighted by Crippen LogP contribution is 2.36. The van der Waals surface area contributed by atoms with Crippen LogP contribution in [-0.2, 0) is 43.0 Å². The van der Waals surface area contributed by atoms with Crippen molar-refractivity contribution in [1.29, 1.82) is 0 Å². The lowest BCUT2D eigenvalue weighted by Gasteiger charge is -2.22. The van der Waals surface area contributed by atoms with Gasteiger partial charge in [-0.3, -0.25) is 0 Å². The topological polar surface area (TPSA) is 110 Å². The van der Waals surface area contributed by atoms with Gasteiger partial charge in [0.2, 0.25) is 6.33 Å². The van der Waals surface area contributed by atoms with Gasteiger partial charge in [0.1, 0.15) is 12.4 Å². The number of hydrogen-bond acceptors (Lipinski definition) is 6. The van der Waals surface area contributed by atoms with Gasteiger partial charge in [0.05, 0.1) is 13.2 Å². The molecule has 0 fully saturated rings. The molecule has 0 unspecified atom stereocenters. The molecule has 1 aromatic rings. The highest BCUT2D eigenvalue weighted by atomic mass is 32.3. The Bertz CT molecular complexity index is 862. The van der Waals surface area contributed by atoms with E-state index in [0.29, 0.717) is 13.5 Å². The van der Waals surface area contributed by atoms with Gasteiger partial charge < -0.3 is 13.6 Å². The molecule has 0 aliphatic carbocycles. The van der Waals surface area contributed by atoms with Crippen molar-refractivity contribution in [3.63, 3.8) is 0 Å². The number of sulfonamides is 2. The van der Waals surface area contributed by atoms with Gasteiger partial charge in [-0.1, -0.05) is 52.4 Å². The number of hydrogen-bond donors (Lipinski definition) is 0. The van der Waals surface area contributed by atoms with Gasteiger partial charge in [0.15, 0.2) is 33.5 Å². The van der Waals surface area contributed by atoms with Crippen molar-refractivity contribution >= 4 is 20.0 Å². The standard InChI is InChI=1S/C17H33N2O2.C2F6NO4S2/c1-3-5-7-9-13-20-16-18-11-12-19(15-18)17-21-14-10-8-6-4-2;3-1(4,5)14(10,11)9-15(12,13)2(6,7)8/h11-12,15H,3-10,13-14,16-17H2,1-2H3;/q+1;-1. The van der Waals surface area contributed by atoms with Crippen molar-refractivity contribution in [1.82, 2.24) is 4.57 Å². The van der Waals surface area contributed by atoms with Crippen molar-refractivity contribution in [3.05, 3.63) is 22.8 Å². The number of aromatic nitrogens is 2. The van der Waals surface area contributed by atoms with Crippen molar-refractivity contribution in [3.8, 4) is 0 Å². The van der Waals surface area contributed by atoms with Gasteiger partial charge in [0.25, 0.3) is 0 Å². The second-order valence-electron chi connectivity index (χ2n) is 7.55. The van der Waals surface area contributed by atoms with Gasteiger partial charge in [-0.2, -0.15) is 26.3 Å². The van der Waals surface area contributed by atoms with Crippen LogP contribution < -0.4 is 4.57 Å². The molecule has 0 spiro atoms. The van der Waals surface area contributed by atoms with E-state index in [4.69, 9.17) is 9.47 Å². The molecule has 1 heterocycles. The maximum Gasteiger partial charge on any atom is 0.480 e. The number of imidazole rings is 1. The second kappa shape index (κ2) is 16.4. The Balaban J connectivity index is 0.000000723. The molecule has 0 amide bonds. The van der Waals surface area contributed by atoms with Crippen LogP contribution >= 0.6 is 0 Å². The molecular weight excluding hydrogens is 544 g/mol. The van der Waals surface area contributed by atoms with Crippen LogP contribution in [0.2, 0.25) is 0 Å². The van der Waals surface area contributed by atoms with Crippen LogP contribution in [0.15, 0.2) is 18.7 Å². The van der Waals surface area contributed by atoms with Gasteiger partial charge in [-0.25, -0.2) is 26.0 Å². The van der Waals surface area contributed by atoms with Crippen LogP contribution in [0.4, 0.5) is 26.3 Å². The van der Waals surface area contributed by atoms with Crippen LogP contribution in [0.1, 0.15) is 65.2 Å². The second-order valence-corrected chi connectivity index (χ2v) is 11.0. The summed E-state index contributed by atoms with van der Waals surface area (Å²) in [6.45, 7) is 7.43. The van der Waals surface area contributed by atoms with Gasteiger partial charge >= 0.3 is 11.0 Å². The summed E-state index contributed by atoms with van der Waals surface area (Å²) in [5, 5.41) is 0. The lowest BCUT2D eigenvalue weighted by molar-refractivity contribution is -0.732. The average Bonchev–Trinajstić information content (AvgIpc) is 3.19. The Morgan fingerprint density at radius 2 is 1.25 bits per heavy atom. The molecule has 9 nitrogen and oxygen atoms in total. The Hall–Kier alpha value is -1.43. The first-order valence-electron chi connectivity index (χ1n) is 11.1. The molecule has 0 aliphatic rings. The predicted octanol–water partition coefficient (Wildman–Crippen LogP) is 4.94. The lowest BCUT2D eigenvalue weighted by atomic mass is 10.2. The molecule has 0 N–H and O–H groups in total. The quantitative estimate of drug-likeness (QED) is 0.156. The first-order chi connectivity index (χ1) is 16.6. The molecule has 0 aromatic carbocycles. The number of rotatable bonds is 16. The van der Waals surface area contributed by atoms with Crippen LogP contribution in [0.5, 0.6) is 0 Å². The smallest absolute Gasteiger partial charge is 0.421 e. The number of nitrogens with zero attached hydrogens (tertiary/aromatic N) is 3. The Labute approximate surface area is 207 Å². The van der Waals surface area contributed by atoms with E-state index in [0.717, 1.165) is 30.2 Å². The number of ether oxygens (including phenoxy) is 2. The fraction of sp³-hybridized carbons (Fsp3) is 0.842. The third-order valence-electron chi connectivity index (χ3n) is 4.29. The molecule has 0 bridgehead atoms. The highest BCUT2D eigenvalue weighted by molar-refractivity contribution is 8.13. The molecule has 0 saturated heterocycles. The molecule has 0 aliphatic heterocycles. The van der Waals surface area contributed by atoms with E-state index in [1.165, 1.54) is 38.5 Å². The maximum absolute atomic E-state index is 11.4. The third kappa shape index (κ3) is 14.3. The minimum absolute atomic E-state index is 0.635. The molecule has 1 aromatic heterocycles. The minimum atomic E-state index is -6.72. The molecule has 36 heavy (non-hydrogen) atoms. The summed E-state index contributed by atoms with van der Waals surface area (Å²) in [5.74, 6) is 0. The van der Waals surface area contributed by atoms with E-state index < -0.39 is 31.1 Å². The summed E-state index contributed by atoms with van der Waals surface area (Å²) in [7, 11) is -13.4. The van der Waals surface area contributed by atoms with Crippen molar-refractivity contribution in [2.45, 2.75) is 89.7 Å². The average molecular weight is 578 g/mol. The first-order valence-corrected chi connectivity index (χ1v) is 14.0. The molecule has 0 radical (unpaired) electrons. The fourth-order valence-corrected chi connectivity index (χ4v) is 4.12. The Morgan fingerprint density at radius 3 is 1.69 bits per heavy atom. The summed E-state index contributed by atoms with van der Waals surface area (Å²) < 4.78 is 125. The molecule has 1 rings (SSSR count). The van der Waals surface area contributed by atoms with Crippen LogP contribution in [-0.4, -0.2) is 45.6 Å². The summed E-state index contributed by atoms with van der Waals surface area (Å²) in [4.78, 5) is 0. The highest BCUT2D eigenvalue weighted by Gasteiger charge is 2.46. The monoisotopic (exact) mass is 577 g/mol. The molecular formula is C19H33F6N3O6S2. The van der Waals surface area contributed by atoms with Crippen LogP contribution in [0.3, 0.4) is 0 Å². The minimum Gasteiger partial charge on any atom is -0.421 e. The van der Waals surface area contributed by atoms with E-state index in [-0.39, 0.29) is 0 Å². The van der Waals surface area contributed by atoms with E-state index >= 15 is 0 Å². The van der Waals surface area contributed by atoms with Crippen LogP contribution in [0.25, 0.3) is 4.13 Å². The maximum atomic E-state index is 11.4. The van der Waals surface area contributed by atoms with E-state index in [2.05, 4.69) is 23.0 Å². The summed E-state index contributed by atoms with van der Waals surface area (Å²) in [6, 6.07) is 0. The van der Waals surface area contributed by atoms with E-state index in [1.807, 2.05) is 18.7 Å². The zero-order valence-corrected chi connectivity index (χ0v) is 21.7. The molecule has 214 valence electrons. The van der Waals surface area contributed by atoms with Crippen molar-refractivity contribution in [2.75, 3.05) is 13.2 Å². The lowest BCUT2D eigenvalue weighted by Crippen LogP contribution is -2.32. The molecule has 0 atom stereocenters. The van der Waals surface area contributed by atoms with Gasteiger partial charge in [-0.05, 0) is 12.8 Å². The summed E-state index contributed by atoms with van der Waals surface area (Å²) in [6.07, 6.45) is 16.1. The Morgan fingerprint density at radius 1 is 0.778 bits per heavy atom. The molecule has 17 heteroatoms. The van der Waals surface area contributed by atoms with E-state index in [1.54, 1.807) is 0 Å². The van der Waals surface area contributed by atoms with Crippen molar-refractivity contribution < 1.29 is 57.2 Å². The number of unbranched alkanes of at least 4 members (excludes halogenated alkanes) is 6. The summed E-state index contributed by atoms with van der Waals surface area (Å²) in [5.41, 5.74) is -12.4. The number of alkyl halides is 6. The largest absolute Gasteiger partial charge is 0.480 e. The van der Waals surface area contributed by atoms with E-state index in [9.17, 15) is 43.2 Å². The molecule has 0 saturated carbocycles. The van der Waals surface area contributed by atoms with Crippen molar-refractivity contribution in [2.24, 2.45) is 0 Å². The SMILES string of the molecule is CCCCCCOCn1cc[n+](COCCCCCC)c1.O=S(=O)([N-]S(=O)(=O)C(F)(F)F)C(F)(F)F. The van der Waals surface area contributed by atoms with Gasteiger partial charge in [0, 0.05) is 0 Å². The Kier molecular flexibility index (Phi) is 15.8. The number of halogens is 6. The fourth-order valence-electron chi connectivity index (χ4n) is 2.41.